The molecule has 0 bridgehead atoms. The lowest BCUT2D eigenvalue weighted by Crippen LogP contribution is -2.61. The summed E-state index contributed by atoms with van der Waals surface area (Å²) in [5.74, 6) is -0.249. The molecule has 0 aromatic heterocycles. The number of aromatic hydroxyl groups is 1. The molecule has 4 rings (SSSR count). The minimum atomic E-state index is -0.669. The van der Waals surface area contributed by atoms with Gasteiger partial charge in [0, 0.05) is 23.7 Å². The first-order valence-corrected chi connectivity index (χ1v) is 10.4. The zero-order chi connectivity index (χ0) is 22.1. The second kappa shape index (κ2) is 8.47. The van der Waals surface area contributed by atoms with Gasteiger partial charge < -0.3 is 26.0 Å². The molecule has 9 heteroatoms. The molecule has 31 heavy (non-hydrogen) atoms. The number of hydrogen-bond donors (Lipinski definition) is 4. The van der Waals surface area contributed by atoms with E-state index in [1.54, 1.807) is 47.4 Å². The Morgan fingerprint density at radius 1 is 1.23 bits per heavy atom. The van der Waals surface area contributed by atoms with E-state index in [0.29, 0.717) is 23.6 Å². The van der Waals surface area contributed by atoms with Gasteiger partial charge in [-0.2, -0.15) is 0 Å². The Labute approximate surface area is 184 Å². The standard InChI is InChI=1S/C22H23ClN4O4/c1-12-8-14(23)4-7-17(12)26-22(31)24-15-10-19-20(29)25-18(21(30)27(19)11-15)9-13-2-5-16(28)6-3-13/h2-8,15,18-19,28H,9-11H2,1H3,(H,25,29)(H2,24,26,31)/t15-,18+,19-/m0/s1. The van der Waals surface area contributed by atoms with Gasteiger partial charge in [-0.3, -0.25) is 9.59 Å². The van der Waals surface area contributed by atoms with Crippen LogP contribution in [0.15, 0.2) is 42.5 Å². The number of halogens is 1. The number of carbonyl (C=O) groups excluding carboxylic acids is 3. The average Bonchev–Trinajstić information content (AvgIpc) is 3.14. The van der Waals surface area contributed by atoms with Crippen molar-refractivity contribution in [3.05, 3.63) is 58.6 Å². The van der Waals surface area contributed by atoms with Crippen LogP contribution in [0.25, 0.3) is 0 Å². The predicted molar refractivity (Wildman–Crippen MR) is 116 cm³/mol. The van der Waals surface area contributed by atoms with Crippen molar-refractivity contribution in [1.29, 1.82) is 0 Å². The van der Waals surface area contributed by atoms with Crippen molar-refractivity contribution in [3.63, 3.8) is 0 Å². The molecule has 2 aromatic carbocycles. The molecule has 8 nitrogen and oxygen atoms in total. The molecule has 0 aliphatic carbocycles. The number of amides is 4. The first-order valence-electron chi connectivity index (χ1n) is 10.0. The van der Waals surface area contributed by atoms with Gasteiger partial charge in [-0.15, -0.1) is 0 Å². The van der Waals surface area contributed by atoms with Crippen molar-refractivity contribution >= 4 is 35.1 Å². The van der Waals surface area contributed by atoms with Crippen molar-refractivity contribution in [1.82, 2.24) is 15.5 Å². The third-order valence-corrected chi connectivity index (χ3v) is 5.88. The highest BCUT2D eigenvalue weighted by Crippen LogP contribution is 2.25. The van der Waals surface area contributed by atoms with E-state index in [1.807, 2.05) is 6.92 Å². The smallest absolute Gasteiger partial charge is 0.319 e. The van der Waals surface area contributed by atoms with Crippen LogP contribution < -0.4 is 16.0 Å². The maximum atomic E-state index is 12.9. The molecule has 3 atom stereocenters. The monoisotopic (exact) mass is 442 g/mol. The number of hydrogen-bond acceptors (Lipinski definition) is 4. The van der Waals surface area contributed by atoms with Gasteiger partial charge in [0.15, 0.2) is 0 Å². The van der Waals surface area contributed by atoms with Gasteiger partial charge in [-0.25, -0.2) is 4.79 Å². The summed E-state index contributed by atoms with van der Waals surface area (Å²) in [7, 11) is 0. The van der Waals surface area contributed by atoms with E-state index in [4.69, 9.17) is 11.6 Å². The lowest BCUT2D eigenvalue weighted by atomic mass is 10.0. The summed E-state index contributed by atoms with van der Waals surface area (Å²) in [6, 6.07) is 9.71. The second-order valence-corrected chi connectivity index (χ2v) is 8.36. The predicted octanol–water partition coefficient (Wildman–Crippen LogP) is 2.19. The maximum absolute atomic E-state index is 12.9. The van der Waals surface area contributed by atoms with E-state index in [1.165, 1.54) is 0 Å². The van der Waals surface area contributed by atoms with Gasteiger partial charge in [-0.1, -0.05) is 23.7 Å². The van der Waals surface area contributed by atoms with Crippen molar-refractivity contribution < 1.29 is 19.5 Å². The topological polar surface area (TPSA) is 111 Å². The van der Waals surface area contributed by atoms with Crippen LogP contribution in [-0.2, 0) is 16.0 Å². The number of piperazine rings is 1. The van der Waals surface area contributed by atoms with Gasteiger partial charge in [0.2, 0.25) is 11.8 Å². The Kier molecular flexibility index (Phi) is 5.73. The molecule has 4 N–H and O–H groups in total. The van der Waals surface area contributed by atoms with Crippen molar-refractivity contribution in [2.75, 3.05) is 11.9 Å². The summed E-state index contributed by atoms with van der Waals surface area (Å²) in [6.45, 7) is 2.12. The molecule has 2 heterocycles. The number of phenolic OH excluding ortho intramolecular Hbond substituents is 1. The minimum Gasteiger partial charge on any atom is -0.508 e. The van der Waals surface area contributed by atoms with Crippen LogP contribution in [0.1, 0.15) is 17.5 Å². The van der Waals surface area contributed by atoms with E-state index >= 15 is 0 Å². The number of fused-ring (bicyclic) bond motifs is 1. The number of nitrogens with one attached hydrogen (secondary N) is 3. The Morgan fingerprint density at radius 3 is 2.68 bits per heavy atom. The van der Waals surface area contributed by atoms with Crippen LogP contribution in [0, 0.1) is 6.92 Å². The number of urea groups is 1. The van der Waals surface area contributed by atoms with Crippen molar-refractivity contribution in [3.8, 4) is 5.75 Å². The number of phenols is 1. The molecule has 2 aliphatic rings. The van der Waals surface area contributed by atoms with Gasteiger partial charge >= 0.3 is 6.03 Å². The van der Waals surface area contributed by atoms with Crippen LogP contribution in [-0.4, -0.2) is 52.5 Å². The van der Waals surface area contributed by atoms with Gasteiger partial charge in [-0.05, 0) is 54.8 Å². The van der Waals surface area contributed by atoms with Gasteiger partial charge in [0.1, 0.15) is 17.8 Å². The number of anilines is 1. The van der Waals surface area contributed by atoms with E-state index in [-0.39, 0.29) is 30.2 Å². The van der Waals surface area contributed by atoms with Crippen LogP contribution >= 0.6 is 11.6 Å². The first kappa shape index (κ1) is 21.0. The molecule has 0 spiro atoms. The summed E-state index contributed by atoms with van der Waals surface area (Å²) >= 11 is 5.94. The lowest BCUT2D eigenvalue weighted by molar-refractivity contribution is -0.147. The molecular formula is C22H23ClN4O4. The fourth-order valence-electron chi connectivity index (χ4n) is 4.08. The molecule has 162 valence electrons. The summed E-state index contributed by atoms with van der Waals surface area (Å²) in [4.78, 5) is 39.5. The van der Waals surface area contributed by atoms with E-state index < -0.39 is 18.1 Å². The minimum absolute atomic E-state index is 0.142. The molecule has 2 aromatic rings. The summed E-state index contributed by atoms with van der Waals surface area (Å²) in [5.41, 5.74) is 2.31. The molecule has 0 radical (unpaired) electrons. The number of benzene rings is 2. The van der Waals surface area contributed by atoms with Gasteiger partial charge in [0.05, 0.1) is 6.04 Å². The highest BCUT2D eigenvalue weighted by atomic mass is 35.5. The summed E-state index contributed by atoms with van der Waals surface area (Å²) in [6.07, 6.45) is 0.693. The zero-order valence-electron chi connectivity index (χ0n) is 16.9. The Hall–Kier alpha value is -3.26. The highest BCUT2D eigenvalue weighted by molar-refractivity contribution is 6.30. The maximum Gasteiger partial charge on any atom is 0.319 e. The fraction of sp³-hybridized carbons (Fsp3) is 0.318. The normalized spacial score (nSPS) is 22.6. The molecule has 2 aliphatic heterocycles. The number of rotatable bonds is 4. The van der Waals surface area contributed by atoms with Crippen LogP contribution in [0.2, 0.25) is 5.02 Å². The molecule has 2 fully saturated rings. The lowest BCUT2D eigenvalue weighted by Gasteiger charge is -2.34. The van der Waals surface area contributed by atoms with Crippen molar-refractivity contribution in [2.45, 2.75) is 37.9 Å². The first-order chi connectivity index (χ1) is 14.8. The highest BCUT2D eigenvalue weighted by Gasteiger charge is 2.46. The number of nitrogens with zero attached hydrogens (tertiary/aromatic N) is 1. The zero-order valence-corrected chi connectivity index (χ0v) is 17.6. The fourth-order valence-corrected chi connectivity index (χ4v) is 4.31. The average molecular weight is 443 g/mol. The van der Waals surface area contributed by atoms with E-state index in [2.05, 4.69) is 16.0 Å². The summed E-state index contributed by atoms with van der Waals surface area (Å²) < 4.78 is 0. The third-order valence-electron chi connectivity index (χ3n) is 5.65. The Morgan fingerprint density at radius 2 is 1.97 bits per heavy atom. The summed E-state index contributed by atoms with van der Waals surface area (Å²) in [5, 5.41) is 18.4. The molecule has 0 unspecified atom stereocenters. The molecular weight excluding hydrogens is 420 g/mol. The Balaban J connectivity index is 1.38. The van der Waals surface area contributed by atoms with Crippen LogP contribution in [0.5, 0.6) is 5.75 Å². The molecule has 0 saturated carbocycles. The van der Waals surface area contributed by atoms with Crippen molar-refractivity contribution in [2.24, 2.45) is 0 Å². The number of aryl methyl sites for hydroxylation is 1. The SMILES string of the molecule is Cc1cc(Cl)ccc1NC(=O)N[C@H]1C[C@H]2C(=O)N[C@H](Cc3ccc(O)cc3)C(=O)N2C1. The van der Waals surface area contributed by atoms with Crippen LogP contribution in [0.4, 0.5) is 10.5 Å². The van der Waals surface area contributed by atoms with Crippen LogP contribution in [0.3, 0.4) is 0 Å². The Bertz CT molecular complexity index is 1030. The third kappa shape index (κ3) is 4.59. The quantitative estimate of drug-likeness (QED) is 0.581. The van der Waals surface area contributed by atoms with E-state index in [0.717, 1.165) is 11.1 Å². The largest absolute Gasteiger partial charge is 0.508 e. The second-order valence-electron chi connectivity index (χ2n) is 7.93. The van der Waals surface area contributed by atoms with E-state index in [9.17, 15) is 19.5 Å². The molecule has 2 saturated heterocycles. The van der Waals surface area contributed by atoms with Gasteiger partial charge in [0.25, 0.3) is 0 Å². The molecule has 4 amide bonds. The number of carbonyl (C=O) groups is 3.